The van der Waals surface area contributed by atoms with Crippen molar-refractivity contribution in [2.24, 2.45) is 5.14 Å². The van der Waals surface area contributed by atoms with Crippen LogP contribution in [-0.4, -0.2) is 46.0 Å². The zero-order chi connectivity index (χ0) is 16.2. The minimum Gasteiger partial charge on any atom is -0.383 e. The van der Waals surface area contributed by atoms with Crippen LogP contribution in [0.1, 0.15) is 17.3 Å². The van der Waals surface area contributed by atoms with Crippen molar-refractivity contribution in [3.63, 3.8) is 0 Å². The van der Waals surface area contributed by atoms with Gasteiger partial charge in [0.1, 0.15) is 5.82 Å². The van der Waals surface area contributed by atoms with Crippen molar-refractivity contribution in [1.29, 1.82) is 0 Å². The van der Waals surface area contributed by atoms with Crippen LogP contribution in [0.3, 0.4) is 0 Å². The highest BCUT2D eigenvalue weighted by molar-refractivity contribution is 7.89. The second-order valence-electron chi connectivity index (χ2n) is 4.19. The third-order valence-corrected chi connectivity index (χ3v) is 4.07. The van der Waals surface area contributed by atoms with Crippen LogP contribution in [-0.2, 0) is 14.8 Å². The Morgan fingerprint density at radius 2 is 2.10 bits per heavy atom. The van der Waals surface area contributed by atoms with Gasteiger partial charge >= 0.3 is 0 Å². The molecule has 0 radical (unpaired) electrons. The molecule has 0 fully saturated rings. The Balaban J connectivity index is 3.28. The fourth-order valence-corrected chi connectivity index (χ4v) is 2.40. The van der Waals surface area contributed by atoms with Gasteiger partial charge in [0.2, 0.25) is 10.0 Å². The zero-order valence-corrected chi connectivity index (χ0v) is 13.2. The minimum atomic E-state index is -4.14. The number of benzene rings is 1. The topological polar surface area (TPSA) is 89.7 Å². The second kappa shape index (κ2) is 7.17. The van der Waals surface area contributed by atoms with Crippen molar-refractivity contribution >= 4 is 27.5 Å². The molecule has 1 aromatic rings. The van der Waals surface area contributed by atoms with Crippen LogP contribution in [0.2, 0.25) is 5.02 Å². The molecule has 0 unspecified atom stereocenters. The molecule has 0 bridgehead atoms. The van der Waals surface area contributed by atoms with Crippen molar-refractivity contribution < 1.29 is 22.3 Å². The number of likely N-dealkylation sites (N-methyl/N-ethyl adjacent to an activating group) is 1. The molecule has 0 aromatic heterocycles. The molecule has 0 aliphatic heterocycles. The third kappa shape index (κ3) is 4.37. The number of hydrogen-bond acceptors (Lipinski definition) is 4. The Kier molecular flexibility index (Phi) is 6.09. The summed E-state index contributed by atoms with van der Waals surface area (Å²) in [5.41, 5.74) is -0.251. The summed E-state index contributed by atoms with van der Waals surface area (Å²) in [6.07, 6.45) is 0. The molecular weight excluding hydrogens is 323 g/mol. The van der Waals surface area contributed by atoms with E-state index in [9.17, 15) is 17.6 Å². The van der Waals surface area contributed by atoms with Gasteiger partial charge in [-0.2, -0.15) is 0 Å². The lowest BCUT2D eigenvalue weighted by atomic mass is 10.2. The van der Waals surface area contributed by atoms with Gasteiger partial charge in [-0.1, -0.05) is 11.6 Å². The third-order valence-electron chi connectivity index (χ3n) is 2.79. The smallest absolute Gasteiger partial charge is 0.255 e. The maximum Gasteiger partial charge on any atom is 0.255 e. The molecule has 0 atom stereocenters. The van der Waals surface area contributed by atoms with Crippen LogP contribution >= 0.6 is 11.6 Å². The molecule has 2 N–H and O–H groups in total. The van der Waals surface area contributed by atoms with E-state index in [2.05, 4.69) is 0 Å². The van der Waals surface area contributed by atoms with Gasteiger partial charge in [-0.25, -0.2) is 17.9 Å². The number of sulfonamides is 1. The highest BCUT2D eigenvalue weighted by Crippen LogP contribution is 2.25. The summed E-state index contributed by atoms with van der Waals surface area (Å²) >= 11 is 5.76. The summed E-state index contributed by atoms with van der Waals surface area (Å²) in [4.78, 5) is 13.2. The number of nitrogens with zero attached hydrogens (tertiary/aromatic N) is 1. The lowest BCUT2D eigenvalue weighted by Gasteiger charge is -2.21. The van der Waals surface area contributed by atoms with E-state index >= 15 is 0 Å². The minimum absolute atomic E-state index is 0.251. The standard InChI is InChI=1S/C12H16ClFN2O4S/c1-3-16(4-5-20-2)12(17)9-6-8(21(15,18)19)7-10(14)11(9)13/h6-7H,3-5H2,1-2H3,(H2,15,18,19). The molecule has 0 heterocycles. The largest absolute Gasteiger partial charge is 0.383 e. The van der Waals surface area contributed by atoms with E-state index in [1.54, 1.807) is 6.92 Å². The second-order valence-corrected chi connectivity index (χ2v) is 6.13. The number of nitrogens with two attached hydrogens (primary N) is 1. The number of ether oxygens (including phenoxy) is 1. The van der Waals surface area contributed by atoms with Crippen LogP contribution in [0.4, 0.5) is 4.39 Å². The molecule has 1 amide bonds. The molecule has 0 aliphatic rings. The van der Waals surface area contributed by atoms with Crippen LogP contribution in [0.25, 0.3) is 0 Å². The quantitative estimate of drug-likeness (QED) is 0.844. The monoisotopic (exact) mass is 338 g/mol. The van der Waals surface area contributed by atoms with Gasteiger partial charge in [0.15, 0.2) is 0 Å². The van der Waals surface area contributed by atoms with Crippen molar-refractivity contribution in [3.8, 4) is 0 Å². The number of rotatable bonds is 6. The predicted octanol–water partition coefficient (Wildman–Crippen LogP) is 1.24. The van der Waals surface area contributed by atoms with Crippen LogP contribution in [0.5, 0.6) is 0 Å². The molecule has 9 heteroatoms. The van der Waals surface area contributed by atoms with E-state index in [0.29, 0.717) is 12.6 Å². The molecular formula is C12H16ClFN2O4S. The lowest BCUT2D eigenvalue weighted by Crippen LogP contribution is -2.34. The Labute approximate surface area is 127 Å². The normalized spacial score (nSPS) is 11.5. The highest BCUT2D eigenvalue weighted by Gasteiger charge is 2.23. The molecule has 1 aromatic carbocycles. The molecule has 0 saturated heterocycles. The van der Waals surface area contributed by atoms with Crippen molar-refractivity contribution in [3.05, 3.63) is 28.5 Å². The molecule has 6 nitrogen and oxygen atoms in total. The first-order valence-corrected chi connectivity index (χ1v) is 7.94. The Morgan fingerprint density at radius 1 is 1.48 bits per heavy atom. The summed E-state index contributed by atoms with van der Waals surface area (Å²) < 4.78 is 41.2. The van der Waals surface area contributed by atoms with Gasteiger partial charge in [-0.05, 0) is 19.1 Å². The summed E-state index contributed by atoms with van der Waals surface area (Å²) in [5.74, 6) is -1.61. The first-order chi connectivity index (χ1) is 9.72. The summed E-state index contributed by atoms with van der Waals surface area (Å²) in [5, 5.41) is 4.51. The maximum absolute atomic E-state index is 13.7. The summed E-state index contributed by atoms with van der Waals surface area (Å²) in [6, 6.07) is 1.65. The fraction of sp³-hybridized carbons (Fsp3) is 0.417. The number of carbonyl (C=O) groups is 1. The summed E-state index contributed by atoms with van der Waals surface area (Å²) in [7, 11) is -2.66. The molecule has 0 aliphatic carbocycles. The number of halogens is 2. The average Bonchev–Trinajstić information content (AvgIpc) is 2.41. The Morgan fingerprint density at radius 3 is 2.57 bits per heavy atom. The number of methoxy groups -OCH3 is 1. The fourth-order valence-electron chi connectivity index (χ4n) is 1.66. The first kappa shape index (κ1) is 17.8. The molecule has 118 valence electrons. The van der Waals surface area contributed by atoms with E-state index < -0.39 is 31.7 Å². The van der Waals surface area contributed by atoms with Crippen molar-refractivity contribution in [2.75, 3.05) is 26.8 Å². The number of primary sulfonamides is 1. The van der Waals surface area contributed by atoms with E-state index in [4.69, 9.17) is 21.5 Å². The first-order valence-electron chi connectivity index (χ1n) is 6.02. The lowest BCUT2D eigenvalue weighted by molar-refractivity contribution is 0.0706. The van der Waals surface area contributed by atoms with Gasteiger partial charge in [-0.3, -0.25) is 4.79 Å². The zero-order valence-electron chi connectivity index (χ0n) is 11.6. The van der Waals surface area contributed by atoms with Gasteiger partial charge in [0.05, 0.1) is 22.1 Å². The maximum atomic E-state index is 13.7. The van der Waals surface area contributed by atoms with Crippen LogP contribution in [0.15, 0.2) is 17.0 Å². The Bertz CT molecular complexity index is 636. The van der Waals surface area contributed by atoms with E-state index in [1.807, 2.05) is 0 Å². The van der Waals surface area contributed by atoms with E-state index in [1.165, 1.54) is 12.0 Å². The van der Waals surface area contributed by atoms with Gasteiger partial charge in [0.25, 0.3) is 5.91 Å². The highest BCUT2D eigenvalue weighted by atomic mass is 35.5. The molecule has 21 heavy (non-hydrogen) atoms. The predicted molar refractivity (Wildman–Crippen MR) is 76.2 cm³/mol. The average molecular weight is 339 g/mol. The van der Waals surface area contributed by atoms with Crippen LogP contribution < -0.4 is 5.14 Å². The number of amides is 1. The van der Waals surface area contributed by atoms with E-state index in [0.717, 1.165) is 6.07 Å². The molecule has 1 rings (SSSR count). The van der Waals surface area contributed by atoms with Gasteiger partial charge in [0, 0.05) is 20.2 Å². The van der Waals surface area contributed by atoms with Crippen molar-refractivity contribution in [2.45, 2.75) is 11.8 Å². The van der Waals surface area contributed by atoms with Crippen molar-refractivity contribution in [1.82, 2.24) is 4.90 Å². The van der Waals surface area contributed by atoms with E-state index in [-0.39, 0.29) is 18.7 Å². The summed E-state index contributed by atoms with van der Waals surface area (Å²) in [6.45, 7) is 2.61. The van der Waals surface area contributed by atoms with Crippen LogP contribution in [0, 0.1) is 5.82 Å². The number of hydrogen-bond donors (Lipinski definition) is 1. The molecule has 0 spiro atoms. The number of carbonyl (C=O) groups excluding carboxylic acids is 1. The van der Waals surface area contributed by atoms with Gasteiger partial charge in [-0.15, -0.1) is 0 Å². The SMILES string of the molecule is CCN(CCOC)C(=O)c1cc(S(N)(=O)=O)cc(F)c1Cl. The van der Waals surface area contributed by atoms with Gasteiger partial charge < -0.3 is 9.64 Å². The Hall–Kier alpha value is -1.22. The molecule has 0 saturated carbocycles.